The molecule has 0 heterocycles. The van der Waals surface area contributed by atoms with E-state index in [2.05, 4.69) is 0 Å². The SMILES string of the molecule is COc1ccc(OC)c(C(=O)c2ccccc2[P](=O)C(=O)c2c(Cl)cccc2Cl)c1OC. The third kappa shape index (κ3) is 4.35. The number of benzene rings is 3. The number of ketones is 1. The molecule has 3 rings (SSSR count). The van der Waals surface area contributed by atoms with Crippen molar-refractivity contribution in [2.24, 2.45) is 0 Å². The predicted molar refractivity (Wildman–Crippen MR) is 124 cm³/mol. The third-order valence-electron chi connectivity index (χ3n) is 4.68. The van der Waals surface area contributed by atoms with Crippen molar-refractivity contribution in [3.8, 4) is 17.2 Å². The van der Waals surface area contributed by atoms with Crippen molar-refractivity contribution in [2.75, 3.05) is 21.3 Å². The van der Waals surface area contributed by atoms with Crippen LogP contribution >= 0.6 is 31.0 Å². The van der Waals surface area contributed by atoms with Crippen molar-refractivity contribution in [3.05, 3.63) is 81.3 Å². The summed E-state index contributed by atoms with van der Waals surface area (Å²) in [5.74, 6) is 0.160. The first-order valence-corrected chi connectivity index (χ1v) is 11.3. The van der Waals surface area contributed by atoms with Crippen molar-refractivity contribution in [3.63, 3.8) is 0 Å². The monoisotopic (exact) mass is 491 g/mol. The molecule has 0 aliphatic carbocycles. The lowest BCUT2D eigenvalue weighted by atomic mass is 10.0. The molecule has 0 bridgehead atoms. The van der Waals surface area contributed by atoms with Gasteiger partial charge in [-0.1, -0.05) is 41.4 Å². The smallest absolute Gasteiger partial charge is 0.249 e. The molecule has 0 saturated heterocycles. The number of rotatable bonds is 8. The molecule has 9 heteroatoms. The van der Waals surface area contributed by atoms with Crippen LogP contribution in [0.3, 0.4) is 0 Å². The van der Waals surface area contributed by atoms with Gasteiger partial charge in [0.1, 0.15) is 11.3 Å². The van der Waals surface area contributed by atoms with Gasteiger partial charge >= 0.3 is 0 Å². The van der Waals surface area contributed by atoms with E-state index >= 15 is 0 Å². The Kier molecular flexibility index (Phi) is 7.52. The maximum absolute atomic E-state index is 13.6. The Hall–Kier alpha value is -2.92. The molecule has 165 valence electrons. The zero-order valence-corrected chi connectivity index (χ0v) is 19.8. The minimum absolute atomic E-state index is 0.0420. The molecule has 0 spiro atoms. The summed E-state index contributed by atoms with van der Waals surface area (Å²) in [5, 5.41) is 0.192. The van der Waals surface area contributed by atoms with Crippen molar-refractivity contribution in [1.82, 2.24) is 0 Å². The molecule has 0 N–H and O–H groups in total. The van der Waals surface area contributed by atoms with Gasteiger partial charge < -0.3 is 14.2 Å². The normalized spacial score (nSPS) is 11.0. The molecule has 0 aliphatic heterocycles. The van der Waals surface area contributed by atoms with E-state index in [4.69, 9.17) is 37.4 Å². The first-order chi connectivity index (χ1) is 15.3. The van der Waals surface area contributed by atoms with E-state index in [-0.39, 0.29) is 43.5 Å². The fourth-order valence-corrected chi connectivity index (χ4v) is 5.16. The first-order valence-electron chi connectivity index (χ1n) is 9.24. The van der Waals surface area contributed by atoms with Gasteiger partial charge in [0.2, 0.25) is 11.3 Å². The van der Waals surface area contributed by atoms with E-state index in [1.807, 2.05) is 0 Å². The van der Waals surface area contributed by atoms with Gasteiger partial charge in [0.05, 0.1) is 42.2 Å². The zero-order chi connectivity index (χ0) is 23.4. The van der Waals surface area contributed by atoms with Crippen LogP contribution in [-0.4, -0.2) is 32.6 Å². The molecule has 1 unspecified atom stereocenters. The van der Waals surface area contributed by atoms with Crippen LogP contribution in [0.1, 0.15) is 26.3 Å². The summed E-state index contributed by atoms with van der Waals surface area (Å²) in [6.07, 6.45) is 0. The molecule has 3 aromatic rings. The topological polar surface area (TPSA) is 78.9 Å². The molecular formula is C23H18Cl2O6P. The minimum atomic E-state index is -2.72. The van der Waals surface area contributed by atoms with Crippen LogP contribution in [0.4, 0.5) is 0 Å². The van der Waals surface area contributed by atoms with Crippen LogP contribution in [0.5, 0.6) is 17.2 Å². The highest BCUT2D eigenvalue weighted by atomic mass is 35.5. The lowest BCUT2D eigenvalue weighted by Crippen LogP contribution is -2.17. The first kappa shape index (κ1) is 23.7. The highest BCUT2D eigenvalue weighted by molar-refractivity contribution is 7.71. The molecular weight excluding hydrogens is 474 g/mol. The maximum Gasteiger partial charge on any atom is 0.249 e. The van der Waals surface area contributed by atoms with Crippen LogP contribution in [-0.2, 0) is 4.57 Å². The zero-order valence-electron chi connectivity index (χ0n) is 17.3. The van der Waals surface area contributed by atoms with E-state index in [0.29, 0.717) is 5.75 Å². The second kappa shape index (κ2) is 10.1. The maximum atomic E-state index is 13.6. The fraction of sp³-hybridized carbons (Fsp3) is 0.130. The van der Waals surface area contributed by atoms with Crippen LogP contribution < -0.4 is 19.5 Å². The summed E-state index contributed by atoms with van der Waals surface area (Å²) in [6.45, 7) is 0. The Bertz CT molecular complexity index is 1200. The van der Waals surface area contributed by atoms with Gasteiger partial charge in [-0.3, -0.25) is 14.2 Å². The van der Waals surface area contributed by atoms with Crippen molar-refractivity contribution in [2.45, 2.75) is 0 Å². The van der Waals surface area contributed by atoms with Crippen molar-refractivity contribution >= 4 is 47.6 Å². The van der Waals surface area contributed by atoms with Gasteiger partial charge in [0.25, 0.3) is 0 Å². The summed E-state index contributed by atoms with van der Waals surface area (Å²) in [7, 11) is 1.52. The van der Waals surface area contributed by atoms with Crippen LogP contribution in [0.25, 0.3) is 0 Å². The molecule has 0 amide bonds. The average molecular weight is 492 g/mol. The highest BCUT2D eigenvalue weighted by Crippen LogP contribution is 2.40. The summed E-state index contributed by atoms with van der Waals surface area (Å²) in [4.78, 5) is 26.6. The average Bonchev–Trinajstić information content (AvgIpc) is 2.81. The fourth-order valence-electron chi connectivity index (χ4n) is 3.18. The summed E-state index contributed by atoms with van der Waals surface area (Å²) in [6, 6.07) is 13.8. The molecule has 0 fully saturated rings. The molecule has 1 radical (unpaired) electrons. The summed E-state index contributed by atoms with van der Waals surface area (Å²) >= 11 is 12.2. The second-order valence-corrected chi connectivity index (χ2v) is 8.71. The third-order valence-corrected chi connectivity index (χ3v) is 6.73. The van der Waals surface area contributed by atoms with E-state index < -0.39 is 19.1 Å². The van der Waals surface area contributed by atoms with E-state index in [1.165, 1.54) is 45.6 Å². The molecule has 6 nitrogen and oxygen atoms in total. The number of halogens is 2. The van der Waals surface area contributed by atoms with E-state index in [0.717, 1.165) is 0 Å². The molecule has 3 aromatic carbocycles. The van der Waals surface area contributed by atoms with E-state index in [9.17, 15) is 14.2 Å². The van der Waals surface area contributed by atoms with Crippen LogP contribution in [0.2, 0.25) is 10.0 Å². The lowest BCUT2D eigenvalue weighted by molar-refractivity contribution is 0.103. The number of hydrogen-bond donors (Lipinski definition) is 0. The van der Waals surface area contributed by atoms with Crippen LogP contribution in [0.15, 0.2) is 54.6 Å². The van der Waals surface area contributed by atoms with Gasteiger partial charge in [0.15, 0.2) is 19.3 Å². The Morgan fingerprint density at radius 2 is 1.34 bits per heavy atom. The standard InChI is InChI=1S/C23H18Cl2O6P/c1-29-16-11-12-17(30-2)22(31-3)20(16)21(26)13-7-4-5-10-18(13)32(28)23(27)19-14(24)8-6-9-15(19)25/h4-12H,1-3H3. The number of methoxy groups -OCH3 is 3. The number of hydrogen-bond acceptors (Lipinski definition) is 6. The number of carbonyl (C=O) groups excluding carboxylic acids is 2. The van der Waals surface area contributed by atoms with Gasteiger partial charge in [-0.2, -0.15) is 0 Å². The molecule has 0 aliphatic rings. The highest BCUT2D eigenvalue weighted by Gasteiger charge is 2.30. The largest absolute Gasteiger partial charge is 0.496 e. The van der Waals surface area contributed by atoms with Gasteiger partial charge in [-0.05, 0) is 36.4 Å². The number of ether oxygens (including phenoxy) is 3. The summed E-state index contributed by atoms with van der Waals surface area (Å²) < 4.78 is 29.3. The molecule has 0 saturated carbocycles. The second-order valence-electron chi connectivity index (χ2n) is 6.42. The minimum Gasteiger partial charge on any atom is -0.496 e. The van der Waals surface area contributed by atoms with Crippen LogP contribution in [0, 0.1) is 0 Å². The Balaban J connectivity index is 2.15. The van der Waals surface area contributed by atoms with E-state index in [1.54, 1.807) is 30.3 Å². The predicted octanol–water partition coefficient (Wildman–Crippen LogP) is 5.54. The quantitative estimate of drug-likeness (QED) is 0.304. The van der Waals surface area contributed by atoms with Gasteiger partial charge in [-0.15, -0.1) is 0 Å². The Labute approximate surface area is 195 Å². The summed E-state index contributed by atoms with van der Waals surface area (Å²) in [5.41, 5.74) is -0.709. The van der Waals surface area contributed by atoms with Crippen molar-refractivity contribution in [1.29, 1.82) is 0 Å². The lowest BCUT2D eigenvalue weighted by Gasteiger charge is -2.16. The molecule has 32 heavy (non-hydrogen) atoms. The number of carbonyl (C=O) groups is 2. The molecule has 1 atom stereocenters. The molecule has 0 aromatic heterocycles. The van der Waals surface area contributed by atoms with Crippen molar-refractivity contribution < 1.29 is 28.4 Å². The van der Waals surface area contributed by atoms with Gasteiger partial charge in [0, 0.05) is 5.56 Å². The van der Waals surface area contributed by atoms with Gasteiger partial charge in [-0.25, -0.2) is 0 Å². The Morgan fingerprint density at radius 1 is 0.750 bits per heavy atom. The Morgan fingerprint density at radius 3 is 1.94 bits per heavy atom.